The summed E-state index contributed by atoms with van der Waals surface area (Å²) < 4.78 is 5.52. The van der Waals surface area contributed by atoms with Gasteiger partial charge in [-0.2, -0.15) is 4.98 Å². The van der Waals surface area contributed by atoms with Crippen molar-refractivity contribution in [1.82, 2.24) is 15.0 Å². The van der Waals surface area contributed by atoms with E-state index in [0.717, 1.165) is 36.8 Å². The number of aryl methyl sites for hydroxylation is 2. The third-order valence-electron chi connectivity index (χ3n) is 5.66. The summed E-state index contributed by atoms with van der Waals surface area (Å²) in [7, 11) is 0. The van der Waals surface area contributed by atoms with Crippen LogP contribution in [0.3, 0.4) is 0 Å². The molecule has 1 aliphatic rings. The fourth-order valence-electron chi connectivity index (χ4n) is 3.91. The van der Waals surface area contributed by atoms with E-state index in [2.05, 4.69) is 10.1 Å². The highest BCUT2D eigenvalue weighted by Crippen LogP contribution is 2.26. The molecule has 1 fully saturated rings. The molecule has 0 aliphatic heterocycles. The van der Waals surface area contributed by atoms with Crippen LogP contribution in [0, 0.1) is 13.8 Å². The largest absolute Gasteiger partial charge is 0.337 e. The van der Waals surface area contributed by atoms with Crippen LogP contribution < -0.4 is 0 Å². The third-order valence-corrected chi connectivity index (χ3v) is 5.66. The highest BCUT2D eigenvalue weighted by molar-refractivity contribution is 5.94. The molecule has 1 amide bonds. The summed E-state index contributed by atoms with van der Waals surface area (Å²) in [4.78, 5) is 19.8. The van der Waals surface area contributed by atoms with Gasteiger partial charge in [-0.15, -0.1) is 0 Å². The van der Waals surface area contributed by atoms with Gasteiger partial charge in [-0.1, -0.05) is 71.9 Å². The molecule has 1 saturated carbocycles. The van der Waals surface area contributed by atoms with Crippen LogP contribution in [0.2, 0.25) is 0 Å². The molecule has 1 aliphatic carbocycles. The van der Waals surface area contributed by atoms with Gasteiger partial charge in [0.15, 0.2) is 0 Å². The third kappa shape index (κ3) is 4.56. The molecule has 1 aromatic heterocycles. The van der Waals surface area contributed by atoms with Gasteiger partial charge >= 0.3 is 0 Å². The summed E-state index contributed by atoms with van der Waals surface area (Å²) in [5.41, 5.74) is 3.95. The molecular weight excluding hydrogens is 362 g/mol. The van der Waals surface area contributed by atoms with E-state index < -0.39 is 0 Å². The Morgan fingerprint density at radius 2 is 1.59 bits per heavy atom. The zero-order chi connectivity index (χ0) is 20.2. The maximum Gasteiger partial charge on any atom is 0.254 e. The topological polar surface area (TPSA) is 59.2 Å². The molecule has 0 N–H and O–H groups in total. The first-order chi connectivity index (χ1) is 14.1. The summed E-state index contributed by atoms with van der Waals surface area (Å²) in [5.74, 6) is 1.07. The van der Waals surface area contributed by atoms with E-state index in [1.807, 2.05) is 67.3 Å². The Hall–Kier alpha value is -2.95. The number of hydrogen-bond acceptors (Lipinski definition) is 4. The van der Waals surface area contributed by atoms with Crippen LogP contribution in [0.1, 0.15) is 59.5 Å². The lowest BCUT2D eigenvalue weighted by Crippen LogP contribution is -2.41. The Morgan fingerprint density at radius 1 is 0.966 bits per heavy atom. The van der Waals surface area contributed by atoms with Crippen molar-refractivity contribution in [2.24, 2.45) is 0 Å². The van der Waals surface area contributed by atoms with Crippen LogP contribution in [-0.2, 0) is 6.54 Å². The molecule has 0 spiro atoms. The van der Waals surface area contributed by atoms with Crippen molar-refractivity contribution in [3.8, 4) is 11.4 Å². The number of amides is 1. The number of carbonyl (C=O) groups is 1. The van der Waals surface area contributed by atoms with Crippen molar-refractivity contribution in [2.45, 2.75) is 58.5 Å². The highest BCUT2D eigenvalue weighted by Gasteiger charge is 2.28. The minimum absolute atomic E-state index is 0.0342. The van der Waals surface area contributed by atoms with Crippen molar-refractivity contribution < 1.29 is 9.32 Å². The van der Waals surface area contributed by atoms with Crippen LogP contribution in [0.5, 0.6) is 0 Å². The van der Waals surface area contributed by atoms with Gasteiger partial charge in [-0.3, -0.25) is 4.79 Å². The zero-order valence-corrected chi connectivity index (χ0v) is 17.1. The Kier molecular flexibility index (Phi) is 5.74. The fourth-order valence-corrected chi connectivity index (χ4v) is 3.91. The van der Waals surface area contributed by atoms with Crippen LogP contribution >= 0.6 is 0 Å². The summed E-state index contributed by atoms with van der Waals surface area (Å²) in [5, 5.41) is 4.13. The van der Waals surface area contributed by atoms with Gasteiger partial charge in [-0.05, 0) is 38.8 Å². The summed E-state index contributed by atoms with van der Waals surface area (Å²) in [6, 6.07) is 16.0. The van der Waals surface area contributed by atoms with Gasteiger partial charge in [0.05, 0.1) is 0 Å². The molecule has 4 rings (SSSR count). The summed E-state index contributed by atoms with van der Waals surface area (Å²) in [6.45, 7) is 4.42. The predicted octanol–water partition coefficient (Wildman–Crippen LogP) is 5.33. The Morgan fingerprint density at radius 3 is 2.24 bits per heavy atom. The monoisotopic (exact) mass is 389 g/mol. The molecule has 0 atom stereocenters. The normalized spacial score (nSPS) is 14.7. The molecule has 0 bridgehead atoms. The molecule has 0 unspecified atom stereocenters. The number of rotatable bonds is 5. The van der Waals surface area contributed by atoms with E-state index in [0.29, 0.717) is 23.8 Å². The van der Waals surface area contributed by atoms with E-state index in [1.165, 1.54) is 12.0 Å². The number of benzene rings is 2. The van der Waals surface area contributed by atoms with Crippen molar-refractivity contribution in [3.05, 3.63) is 71.1 Å². The highest BCUT2D eigenvalue weighted by atomic mass is 16.5. The van der Waals surface area contributed by atoms with Gasteiger partial charge in [0, 0.05) is 17.2 Å². The van der Waals surface area contributed by atoms with E-state index in [-0.39, 0.29) is 11.9 Å². The van der Waals surface area contributed by atoms with E-state index in [1.54, 1.807) is 0 Å². The maximum absolute atomic E-state index is 13.3. The Balaban J connectivity index is 1.57. The first kappa shape index (κ1) is 19.4. The van der Waals surface area contributed by atoms with Crippen LogP contribution in [-0.4, -0.2) is 27.0 Å². The quantitative estimate of drug-likeness (QED) is 0.592. The second-order valence-corrected chi connectivity index (χ2v) is 7.97. The van der Waals surface area contributed by atoms with Gasteiger partial charge in [0.25, 0.3) is 5.91 Å². The van der Waals surface area contributed by atoms with Gasteiger partial charge in [-0.25, -0.2) is 0 Å². The molecule has 3 aromatic rings. The zero-order valence-electron chi connectivity index (χ0n) is 17.1. The Labute approximate surface area is 171 Å². The lowest BCUT2D eigenvalue weighted by atomic mass is 9.93. The van der Waals surface area contributed by atoms with Crippen molar-refractivity contribution in [2.75, 3.05) is 0 Å². The number of hydrogen-bond donors (Lipinski definition) is 0. The minimum Gasteiger partial charge on any atom is -0.337 e. The van der Waals surface area contributed by atoms with Crippen LogP contribution in [0.4, 0.5) is 0 Å². The van der Waals surface area contributed by atoms with E-state index in [9.17, 15) is 4.79 Å². The smallest absolute Gasteiger partial charge is 0.254 e. The number of nitrogens with zero attached hydrogens (tertiary/aromatic N) is 3. The predicted molar refractivity (Wildman–Crippen MR) is 112 cm³/mol. The first-order valence-corrected chi connectivity index (χ1v) is 10.4. The van der Waals surface area contributed by atoms with E-state index in [4.69, 9.17) is 4.52 Å². The molecule has 2 aromatic carbocycles. The average molecular weight is 389 g/mol. The molecular formula is C24H27N3O2. The van der Waals surface area contributed by atoms with Gasteiger partial charge in [0.2, 0.25) is 11.7 Å². The molecule has 0 saturated heterocycles. The lowest BCUT2D eigenvalue weighted by Gasteiger charge is -2.33. The maximum atomic E-state index is 13.3. The standard InChI is InChI=1S/C24H27N3O2/c1-17-8-12-19(13-9-17)23-25-22(29-26-23)16-27(21-6-4-3-5-7-21)24(28)20-14-10-18(2)11-15-20/h8-15,21H,3-7,16H2,1-2H3. The fraction of sp³-hybridized carbons (Fsp3) is 0.375. The SMILES string of the molecule is Cc1ccc(C(=O)N(Cc2nc(-c3ccc(C)cc3)no2)C2CCCCC2)cc1. The average Bonchev–Trinajstić information content (AvgIpc) is 3.22. The van der Waals surface area contributed by atoms with Crippen molar-refractivity contribution >= 4 is 5.91 Å². The van der Waals surface area contributed by atoms with Crippen LogP contribution in [0.25, 0.3) is 11.4 Å². The van der Waals surface area contributed by atoms with E-state index >= 15 is 0 Å². The molecule has 5 nitrogen and oxygen atoms in total. The van der Waals surface area contributed by atoms with Gasteiger partial charge < -0.3 is 9.42 Å². The second kappa shape index (κ2) is 8.60. The molecule has 1 heterocycles. The second-order valence-electron chi connectivity index (χ2n) is 7.97. The van der Waals surface area contributed by atoms with Crippen LogP contribution in [0.15, 0.2) is 53.1 Å². The molecule has 0 radical (unpaired) electrons. The number of carbonyl (C=O) groups excluding carboxylic acids is 1. The van der Waals surface area contributed by atoms with Gasteiger partial charge in [0.1, 0.15) is 6.54 Å². The number of aromatic nitrogens is 2. The van der Waals surface area contributed by atoms with Crippen molar-refractivity contribution in [3.63, 3.8) is 0 Å². The first-order valence-electron chi connectivity index (χ1n) is 10.4. The molecule has 5 heteroatoms. The lowest BCUT2D eigenvalue weighted by molar-refractivity contribution is 0.0586. The molecule has 150 valence electrons. The summed E-state index contributed by atoms with van der Waals surface area (Å²) >= 11 is 0. The Bertz CT molecular complexity index is 955. The minimum atomic E-state index is 0.0342. The summed E-state index contributed by atoms with van der Waals surface area (Å²) in [6.07, 6.45) is 5.59. The molecule has 29 heavy (non-hydrogen) atoms. The van der Waals surface area contributed by atoms with Crippen molar-refractivity contribution in [1.29, 1.82) is 0 Å².